The first-order valence-corrected chi connectivity index (χ1v) is 11.7. The van der Waals surface area contributed by atoms with Crippen LogP contribution in [0.2, 0.25) is 0 Å². The monoisotopic (exact) mass is 420 g/mol. The van der Waals surface area contributed by atoms with Gasteiger partial charge in [0.25, 0.3) is 0 Å². The molecular formula is C21H28N2O3S2. The van der Waals surface area contributed by atoms with Crippen molar-refractivity contribution in [1.82, 2.24) is 9.80 Å². The lowest BCUT2D eigenvalue weighted by atomic mass is 9.77. The number of nitrogens with zero attached hydrogens (tertiary/aromatic N) is 2. The van der Waals surface area contributed by atoms with Crippen LogP contribution in [-0.2, 0) is 14.4 Å². The van der Waals surface area contributed by atoms with Gasteiger partial charge in [-0.3, -0.25) is 14.4 Å². The first-order valence-electron chi connectivity index (χ1n) is 9.80. The standard InChI is InChI=1S/C21H28N2O3S2/c1-16(13-28-17(2)24)20(26)23-11-8-21(15-23)6-9-22(10-7-21)19(25)4-3-18-5-12-27-14-18/h3-5,12,14,16H,6-11,13,15H2,1-2H3/b4-3+/t16-/m1/s1. The van der Waals surface area contributed by atoms with Gasteiger partial charge < -0.3 is 9.80 Å². The number of carbonyl (C=O) groups is 3. The molecule has 152 valence electrons. The highest BCUT2D eigenvalue weighted by Gasteiger charge is 2.43. The Hall–Kier alpha value is -1.60. The molecular weight excluding hydrogens is 392 g/mol. The molecule has 7 heteroatoms. The molecule has 0 aliphatic carbocycles. The number of amides is 2. The number of thiophene rings is 1. The van der Waals surface area contributed by atoms with Crippen molar-refractivity contribution >= 4 is 46.1 Å². The van der Waals surface area contributed by atoms with E-state index in [0.717, 1.165) is 51.0 Å². The van der Waals surface area contributed by atoms with Crippen molar-refractivity contribution in [2.75, 3.05) is 31.9 Å². The summed E-state index contributed by atoms with van der Waals surface area (Å²) in [7, 11) is 0. The topological polar surface area (TPSA) is 57.7 Å². The van der Waals surface area contributed by atoms with Gasteiger partial charge in [0.15, 0.2) is 5.12 Å². The summed E-state index contributed by atoms with van der Waals surface area (Å²) in [5, 5.41) is 4.08. The Kier molecular flexibility index (Phi) is 6.99. The number of piperidine rings is 1. The molecule has 2 aliphatic heterocycles. The summed E-state index contributed by atoms with van der Waals surface area (Å²) in [4.78, 5) is 40.1. The van der Waals surface area contributed by atoms with E-state index in [9.17, 15) is 14.4 Å². The zero-order valence-electron chi connectivity index (χ0n) is 16.6. The molecule has 0 aromatic carbocycles. The molecule has 2 fully saturated rings. The quantitative estimate of drug-likeness (QED) is 0.684. The third-order valence-corrected chi connectivity index (χ3v) is 7.58. The van der Waals surface area contributed by atoms with Gasteiger partial charge in [0, 0.05) is 50.8 Å². The molecule has 3 heterocycles. The van der Waals surface area contributed by atoms with Gasteiger partial charge in [0.2, 0.25) is 11.8 Å². The van der Waals surface area contributed by atoms with Crippen LogP contribution in [0.3, 0.4) is 0 Å². The van der Waals surface area contributed by atoms with Crippen LogP contribution in [0, 0.1) is 11.3 Å². The normalized spacial score (nSPS) is 20.1. The number of likely N-dealkylation sites (tertiary alicyclic amines) is 2. The minimum Gasteiger partial charge on any atom is -0.342 e. The third kappa shape index (κ3) is 5.26. The van der Waals surface area contributed by atoms with E-state index < -0.39 is 0 Å². The second kappa shape index (κ2) is 9.27. The summed E-state index contributed by atoms with van der Waals surface area (Å²) in [5.41, 5.74) is 1.21. The number of hydrogen-bond acceptors (Lipinski definition) is 5. The lowest BCUT2D eigenvalue weighted by Gasteiger charge is -2.39. The first kappa shape index (κ1) is 21.1. The second-order valence-corrected chi connectivity index (χ2v) is 9.91. The maximum atomic E-state index is 12.7. The maximum Gasteiger partial charge on any atom is 0.246 e. The first-order chi connectivity index (χ1) is 13.4. The molecule has 1 spiro atoms. The Morgan fingerprint density at radius 2 is 1.89 bits per heavy atom. The largest absolute Gasteiger partial charge is 0.342 e. The Morgan fingerprint density at radius 3 is 2.50 bits per heavy atom. The second-order valence-electron chi connectivity index (χ2n) is 7.93. The van der Waals surface area contributed by atoms with E-state index in [0.29, 0.717) is 5.75 Å². The third-order valence-electron chi connectivity index (χ3n) is 5.81. The van der Waals surface area contributed by atoms with Gasteiger partial charge in [-0.25, -0.2) is 0 Å². The van der Waals surface area contributed by atoms with Gasteiger partial charge in [-0.05, 0) is 53.1 Å². The number of hydrogen-bond donors (Lipinski definition) is 0. The van der Waals surface area contributed by atoms with Gasteiger partial charge >= 0.3 is 0 Å². The summed E-state index contributed by atoms with van der Waals surface area (Å²) in [6, 6.07) is 2.00. The zero-order valence-corrected chi connectivity index (χ0v) is 18.2. The van der Waals surface area contributed by atoms with E-state index in [-0.39, 0.29) is 28.3 Å². The van der Waals surface area contributed by atoms with Crippen LogP contribution < -0.4 is 0 Å². The predicted molar refractivity (Wildman–Crippen MR) is 115 cm³/mol. The van der Waals surface area contributed by atoms with Crippen LogP contribution >= 0.6 is 23.1 Å². The molecule has 0 N–H and O–H groups in total. The highest BCUT2D eigenvalue weighted by Crippen LogP contribution is 2.41. The van der Waals surface area contributed by atoms with Crippen LogP contribution in [0.15, 0.2) is 22.9 Å². The van der Waals surface area contributed by atoms with Crippen molar-refractivity contribution in [2.45, 2.75) is 33.1 Å². The Bertz CT molecular complexity index is 737. The average Bonchev–Trinajstić information content (AvgIpc) is 3.34. The molecule has 0 saturated carbocycles. The SMILES string of the molecule is CC(=O)SC[C@@H](C)C(=O)N1CCC2(CCN(C(=O)/C=C/c3ccsc3)CC2)C1. The van der Waals surface area contributed by atoms with Crippen molar-refractivity contribution in [3.8, 4) is 0 Å². The maximum absolute atomic E-state index is 12.7. The van der Waals surface area contributed by atoms with Gasteiger partial charge in [-0.2, -0.15) is 11.3 Å². The summed E-state index contributed by atoms with van der Waals surface area (Å²) >= 11 is 2.85. The van der Waals surface area contributed by atoms with Crippen molar-refractivity contribution in [2.24, 2.45) is 11.3 Å². The van der Waals surface area contributed by atoms with Crippen LogP contribution in [0.5, 0.6) is 0 Å². The Labute approximate surface area is 175 Å². The molecule has 1 aromatic heterocycles. The molecule has 0 radical (unpaired) electrons. The molecule has 28 heavy (non-hydrogen) atoms. The fourth-order valence-corrected chi connectivity index (χ4v) is 5.26. The average molecular weight is 421 g/mol. The Morgan fingerprint density at radius 1 is 1.21 bits per heavy atom. The van der Waals surface area contributed by atoms with Gasteiger partial charge in [0.1, 0.15) is 0 Å². The van der Waals surface area contributed by atoms with Crippen molar-refractivity contribution in [3.05, 3.63) is 28.5 Å². The van der Waals surface area contributed by atoms with Gasteiger partial charge in [-0.15, -0.1) is 0 Å². The highest BCUT2D eigenvalue weighted by molar-refractivity contribution is 8.13. The number of thioether (sulfide) groups is 1. The van der Waals surface area contributed by atoms with E-state index in [4.69, 9.17) is 0 Å². The van der Waals surface area contributed by atoms with Crippen molar-refractivity contribution in [1.29, 1.82) is 0 Å². The van der Waals surface area contributed by atoms with E-state index in [1.165, 1.54) is 18.7 Å². The van der Waals surface area contributed by atoms with E-state index in [1.54, 1.807) is 17.4 Å². The van der Waals surface area contributed by atoms with Crippen LogP contribution in [0.25, 0.3) is 6.08 Å². The smallest absolute Gasteiger partial charge is 0.246 e. The molecule has 2 saturated heterocycles. The summed E-state index contributed by atoms with van der Waals surface area (Å²) in [6.45, 7) is 6.53. The molecule has 1 atom stereocenters. The minimum absolute atomic E-state index is 0.0580. The van der Waals surface area contributed by atoms with Gasteiger partial charge in [-0.1, -0.05) is 18.7 Å². The van der Waals surface area contributed by atoms with Crippen molar-refractivity contribution < 1.29 is 14.4 Å². The highest BCUT2D eigenvalue weighted by atomic mass is 32.2. The molecule has 0 bridgehead atoms. The number of carbonyl (C=O) groups excluding carboxylic acids is 3. The molecule has 1 aromatic rings. The number of rotatable bonds is 5. The molecule has 2 aliphatic rings. The van der Waals surface area contributed by atoms with Crippen LogP contribution in [0.1, 0.15) is 38.7 Å². The predicted octanol–water partition coefficient (Wildman–Crippen LogP) is 3.52. The fraction of sp³-hybridized carbons (Fsp3) is 0.571. The Balaban J connectivity index is 1.48. The molecule has 2 amide bonds. The lowest BCUT2D eigenvalue weighted by Crippen LogP contribution is -2.44. The molecule has 3 rings (SSSR count). The molecule has 0 unspecified atom stereocenters. The fourth-order valence-electron chi connectivity index (χ4n) is 4.00. The van der Waals surface area contributed by atoms with Crippen LogP contribution in [0.4, 0.5) is 0 Å². The summed E-state index contributed by atoms with van der Waals surface area (Å²) in [5.74, 6) is 0.647. The summed E-state index contributed by atoms with van der Waals surface area (Å²) in [6.07, 6.45) is 6.45. The van der Waals surface area contributed by atoms with Crippen LogP contribution in [-0.4, -0.2) is 58.7 Å². The lowest BCUT2D eigenvalue weighted by molar-refractivity contribution is -0.134. The van der Waals surface area contributed by atoms with E-state index >= 15 is 0 Å². The summed E-state index contributed by atoms with van der Waals surface area (Å²) < 4.78 is 0. The van der Waals surface area contributed by atoms with E-state index in [1.807, 2.05) is 39.6 Å². The minimum atomic E-state index is -0.132. The van der Waals surface area contributed by atoms with Gasteiger partial charge in [0.05, 0.1) is 0 Å². The van der Waals surface area contributed by atoms with Crippen molar-refractivity contribution in [3.63, 3.8) is 0 Å². The molecule has 5 nitrogen and oxygen atoms in total. The van der Waals surface area contributed by atoms with E-state index in [2.05, 4.69) is 0 Å². The zero-order chi connectivity index (χ0) is 20.1.